The van der Waals surface area contributed by atoms with Crippen LogP contribution < -0.4 is 20.3 Å². The third kappa shape index (κ3) is 5.78. The number of aldehydes is 1. The third-order valence-corrected chi connectivity index (χ3v) is 6.95. The van der Waals surface area contributed by atoms with E-state index in [1.807, 2.05) is 12.1 Å². The van der Waals surface area contributed by atoms with E-state index in [-0.39, 0.29) is 29.4 Å². The molecule has 6 aromatic rings. The number of amides is 1. The van der Waals surface area contributed by atoms with Gasteiger partial charge in [0.25, 0.3) is 11.5 Å². The molecule has 1 amide bonds. The van der Waals surface area contributed by atoms with E-state index in [9.17, 15) is 18.8 Å². The Morgan fingerprint density at radius 3 is 2.51 bits per heavy atom. The van der Waals surface area contributed by atoms with Crippen LogP contribution in [0.3, 0.4) is 0 Å². The average Bonchev–Trinajstić information content (AvgIpc) is 3.48. The van der Waals surface area contributed by atoms with Crippen molar-refractivity contribution in [1.29, 1.82) is 0 Å². The Morgan fingerprint density at radius 2 is 1.76 bits per heavy atom. The van der Waals surface area contributed by atoms with Crippen LogP contribution in [0.1, 0.15) is 27.6 Å². The highest BCUT2D eigenvalue weighted by Crippen LogP contribution is 2.35. The predicted octanol–water partition coefficient (Wildman–Crippen LogP) is 6.69. The first-order chi connectivity index (χ1) is 21.9. The van der Waals surface area contributed by atoms with Gasteiger partial charge in [-0.2, -0.15) is 5.10 Å². The van der Waals surface area contributed by atoms with Gasteiger partial charge in [-0.15, -0.1) is 0 Å². The summed E-state index contributed by atoms with van der Waals surface area (Å²) in [7, 11) is 0. The second kappa shape index (κ2) is 12.3. The van der Waals surface area contributed by atoms with Gasteiger partial charge in [0.15, 0.2) is 17.3 Å². The first-order valence-electron chi connectivity index (χ1n) is 13.8. The van der Waals surface area contributed by atoms with Gasteiger partial charge in [-0.1, -0.05) is 18.2 Å². The molecular formula is C34H24F2N4O5. The zero-order valence-electron chi connectivity index (χ0n) is 23.7. The highest BCUT2D eigenvalue weighted by molar-refractivity contribution is 6.06. The normalized spacial score (nSPS) is 10.9. The fraction of sp³-hybridized carbons (Fsp3) is 0.0588. The van der Waals surface area contributed by atoms with E-state index in [1.165, 1.54) is 59.4 Å². The van der Waals surface area contributed by atoms with E-state index in [4.69, 9.17) is 9.47 Å². The summed E-state index contributed by atoms with van der Waals surface area (Å²) in [6, 6.07) is 21.0. The molecule has 224 valence electrons. The molecule has 0 bridgehead atoms. The van der Waals surface area contributed by atoms with Crippen molar-refractivity contribution in [1.82, 2.24) is 14.2 Å². The van der Waals surface area contributed by atoms with Crippen LogP contribution in [0.5, 0.6) is 17.2 Å². The molecule has 0 radical (unpaired) electrons. The molecule has 3 aromatic carbocycles. The minimum atomic E-state index is -0.820. The number of rotatable bonds is 9. The molecule has 9 nitrogen and oxygen atoms in total. The standard InChI is InChI=1S/C34H24F2N4O5/c1-2-44-29-14-16-39(25-9-6-23(35)7-10-25)34(43)31(29)33(42)38-24-8-11-28(27(36)19-24)45-30-12-15-37-40-17-13-26(32(30)40)22-5-3-4-21(18-22)20-41/h3-20H,2H2,1H3,(H,38,42). The molecule has 0 saturated carbocycles. The number of nitrogens with zero attached hydrogens (tertiary/aromatic N) is 3. The predicted molar refractivity (Wildman–Crippen MR) is 164 cm³/mol. The van der Waals surface area contributed by atoms with Crippen LogP contribution in [0.2, 0.25) is 0 Å². The van der Waals surface area contributed by atoms with Gasteiger partial charge in [0.2, 0.25) is 0 Å². The van der Waals surface area contributed by atoms with Crippen molar-refractivity contribution in [3.63, 3.8) is 0 Å². The number of hydrogen-bond donors (Lipinski definition) is 1. The number of ether oxygens (including phenoxy) is 2. The Labute approximate surface area is 254 Å². The lowest BCUT2D eigenvalue weighted by atomic mass is 10.0. The van der Waals surface area contributed by atoms with Gasteiger partial charge in [-0.25, -0.2) is 13.3 Å². The van der Waals surface area contributed by atoms with E-state index < -0.39 is 23.1 Å². The molecular weight excluding hydrogens is 582 g/mol. The van der Waals surface area contributed by atoms with Gasteiger partial charge in [0, 0.05) is 47.0 Å². The average molecular weight is 607 g/mol. The Morgan fingerprint density at radius 1 is 0.933 bits per heavy atom. The Balaban J connectivity index is 1.29. The minimum Gasteiger partial charge on any atom is -0.493 e. The smallest absolute Gasteiger partial charge is 0.271 e. The maximum atomic E-state index is 15.4. The summed E-state index contributed by atoms with van der Waals surface area (Å²) < 4.78 is 43.1. The molecule has 0 aliphatic rings. The lowest BCUT2D eigenvalue weighted by Gasteiger charge is -2.14. The third-order valence-electron chi connectivity index (χ3n) is 6.95. The summed E-state index contributed by atoms with van der Waals surface area (Å²) in [5, 5.41) is 6.85. The zero-order chi connectivity index (χ0) is 31.5. The number of carbonyl (C=O) groups is 2. The molecule has 0 spiro atoms. The van der Waals surface area contributed by atoms with E-state index in [2.05, 4.69) is 10.4 Å². The number of fused-ring (bicyclic) bond motifs is 1. The summed E-state index contributed by atoms with van der Waals surface area (Å²) in [6.45, 7) is 1.90. The molecule has 45 heavy (non-hydrogen) atoms. The summed E-state index contributed by atoms with van der Waals surface area (Å²) in [5.41, 5.74) is 1.95. The second-order valence-electron chi connectivity index (χ2n) is 9.80. The van der Waals surface area contributed by atoms with E-state index in [0.29, 0.717) is 22.5 Å². The number of anilines is 1. The van der Waals surface area contributed by atoms with Gasteiger partial charge in [0.05, 0.1) is 12.8 Å². The van der Waals surface area contributed by atoms with Gasteiger partial charge in [-0.3, -0.25) is 19.0 Å². The molecule has 0 aliphatic heterocycles. The molecule has 0 unspecified atom stereocenters. The summed E-state index contributed by atoms with van der Waals surface area (Å²) in [4.78, 5) is 38.0. The van der Waals surface area contributed by atoms with Crippen molar-refractivity contribution in [2.45, 2.75) is 6.92 Å². The molecule has 6 rings (SSSR count). The summed E-state index contributed by atoms with van der Waals surface area (Å²) in [6.07, 6.45) is 5.41. The first kappa shape index (κ1) is 29.0. The van der Waals surface area contributed by atoms with Crippen LogP contribution in [-0.4, -0.2) is 33.0 Å². The highest BCUT2D eigenvalue weighted by atomic mass is 19.1. The largest absolute Gasteiger partial charge is 0.493 e. The van der Waals surface area contributed by atoms with Crippen molar-refractivity contribution in [2.24, 2.45) is 0 Å². The van der Waals surface area contributed by atoms with E-state index >= 15 is 4.39 Å². The topological polar surface area (TPSA) is 104 Å². The van der Waals surface area contributed by atoms with Gasteiger partial charge >= 0.3 is 0 Å². The molecule has 3 heterocycles. The van der Waals surface area contributed by atoms with Crippen molar-refractivity contribution in [2.75, 3.05) is 11.9 Å². The van der Waals surface area contributed by atoms with Crippen LogP contribution in [0, 0.1) is 11.6 Å². The van der Waals surface area contributed by atoms with Crippen LogP contribution >= 0.6 is 0 Å². The van der Waals surface area contributed by atoms with Gasteiger partial charge in [0.1, 0.15) is 28.9 Å². The monoisotopic (exact) mass is 606 g/mol. The van der Waals surface area contributed by atoms with Crippen LogP contribution in [0.4, 0.5) is 14.5 Å². The SMILES string of the molecule is CCOc1ccn(-c2ccc(F)cc2)c(=O)c1C(=O)Nc1ccc(Oc2ccnn3ccc(-c4cccc(C=O)c4)c23)c(F)c1. The molecule has 0 fully saturated rings. The quantitative estimate of drug-likeness (QED) is 0.184. The van der Waals surface area contributed by atoms with E-state index in [1.54, 1.807) is 41.9 Å². The molecule has 11 heteroatoms. The Hall–Kier alpha value is -6.10. The molecule has 1 N–H and O–H groups in total. The van der Waals surface area contributed by atoms with E-state index in [0.717, 1.165) is 23.5 Å². The van der Waals surface area contributed by atoms with Crippen LogP contribution in [0.25, 0.3) is 22.3 Å². The zero-order valence-corrected chi connectivity index (χ0v) is 23.7. The number of carbonyl (C=O) groups excluding carboxylic acids is 2. The lowest BCUT2D eigenvalue weighted by molar-refractivity contribution is 0.102. The molecule has 0 atom stereocenters. The summed E-state index contributed by atoms with van der Waals surface area (Å²) >= 11 is 0. The number of benzene rings is 3. The van der Waals surface area contributed by atoms with Crippen LogP contribution in [-0.2, 0) is 0 Å². The fourth-order valence-electron chi connectivity index (χ4n) is 4.89. The summed E-state index contributed by atoms with van der Waals surface area (Å²) in [5.74, 6) is -1.84. The van der Waals surface area contributed by atoms with Gasteiger partial charge in [-0.05, 0) is 67.1 Å². The number of aromatic nitrogens is 3. The van der Waals surface area contributed by atoms with Crippen molar-refractivity contribution >= 4 is 23.4 Å². The molecule has 0 aliphatic carbocycles. The number of halogens is 2. The van der Waals surface area contributed by atoms with Crippen LogP contribution in [0.15, 0.2) is 108 Å². The number of pyridine rings is 1. The second-order valence-corrected chi connectivity index (χ2v) is 9.80. The van der Waals surface area contributed by atoms with Gasteiger partial charge < -0.3 is 14.8 Å². The Bertz CT molecular complexity index is 2120. The first-order valence-corrected chi connectivity index (χ1v) is 13.8. The van der Waals surface area contributed by atoms with Crippen molar-refractivity contribution < 1.29 is 27.8 Å². The molecule has 3 aromatic heterocycles. The lowest BCUT2D eigenvalue weighted by Crippen LogP contribution is -2.29. The Kier molecular flexibility index (Phi) is 7.89. The number of nitrogens with one attached hydrogen (secondary N) is 1. The minimum absolute atomic E-state index is 0.0437. The van der Waals surface area contributed by atoms with Crippen molar-refractivity contribution in [3.05, 3.63) is 137 Å². The maximum absolute atomic E-state index is 15.4. The molecule has 0 saturated heterocycles. The highest BCUT2D eigenvalue weighted by Gasteiger charge is 2.21. The van der Waals surface area contributed by atoms with Crippen molar-refractivity contribution in [3.8, 4) is 34.1 Å². The number of hydrogen-bond acceptors (Lipinski definition) is 6. The fourth-order valence-corrected chi connectivity index (χ4v) is 4.89. The maximum Gasteiger partial charge on any atom is 0.271 e.